The summed E-state index contributed by atoms with van der Waals surface area (Å²) < 4.78 is 5.30. The van der Waals surface area contributed by atoms with E-state index in [1.807, 2.05) is 60.7 Å². The molecule has 1 aliphatic heterocycles. The van der Waals surface area contributed by atoms with Gasteiger partial charge in [0.05, 0.1) is 13.2 Å². The van der Waals surface area contributed by atoms with Crippen LogP contribution in [0.3, 0.4) is 0 Å². The number of rotatable bonds is 5. The van der Waals surface area contributed by atoms with E-state index in [0.717, 1.165) is 11.1 Å². The van der Waals surface area contributed by atoms with E-state index in [1.165, 1.54) is 6.08 Å². The van der Waals surface area contributed by atoms with Crippen molar-refractivity contribution in [3.05, 3.63) is 83.6 Å². The highest BCUT2D eigenvalue weighted by atomic mass is 16.5. The molecule has 1 heterocycles. The lowest BCUT2D eigenvalue weighted by Crippen LogP contribution is -2.44. The smallest absolute Gasteiger partial charge is 0.270 e. The van der Waals surface area contributed by atoms with Gasteiger partial charge in [-0.3, -0.25) is 9.59 Å². The number of ether oxygens (including phenoxy) is 1. The third-order valence-corrected chi connectivity index (χ3v) is 4.12. The van der Waals surface area contributed by atoms with Crippen molar-refractivity contribution in [1.82, 2.24) is 10.2 Å². The van der Waals surface area contributed by atoms with Gasteiger partial charge in [0.1, 0.15) is 5.70 Å². The van der Waals surface area contributed by atoms with Crippen molar-refractivity contribution >= 4 is 24.0 Å². The number of morpholine rings is 1. The first kappa shape index (κ1) is 18.6. The Labute approximate surface area is 158 Å². The van der Waals surface area contributed by atoms with Gasteiger partial charge in [0.25, 0.3) is 5.91 Å². The fourth-order valence-electron chi connectivity index (χ4n) is 2.71. The van der Waals surface area contributed by atoms with Gasteiger partial charge in [-0.05, 0) is 23.3 Å². The summed E-state index contributed by atoms with van der Waals surface area (Å²) in [6, 6.07) is 19.0. The van der Waals surface area contributed by atoms with Crippen LogP contribution in [-0.2, 0) is 14.3 Å². The van der Waals surface area contributed by atoms with Gasteiger partial charge in [0, 0.05) is 19.2 Å². The van der Waals surface area contributed by atoms with Crippen LogP contribution in [0.25, 0.3) is 12.2 Å². The predicted molar refractivity (Wildman–Crippen MR) is 105 cm³/mol. The third kappa shape index (κ3) is 5.66. The standard InChI is InChI=1S/C22H22N2O3/c25-21(12-11-18-7-3-1-4-8-18)23-20(17-19-9-5-2-6-10-19)22(26)24-13-15-27-16-14-24/h1-12,17H,13-16H2,(H,23,25)/b12-11?,20-17-. The molecule has 5 nitrogen and oxygen atoms in total. The molecule has 1 N–H and O–H groups in total. The molecule has 2 amide bonds. The molecule has 1 saturated heterocycles. The highest BCUT2D eigenvalue weighted by Gasteiger charge is 2.21. The fraction of sp³-hybridized carbons (Fsp3) is 0.182. The Hall–Kier alpha value is -3.18. The summed E-state index contributed by atoms with van der Waals surface area (Å²) >= 11 is 0. The number of carbonyl (C=O) groups excluding carboxylic acids is 2. The van der Waals surface area contributed by atoms with Crippen LogP contribution in [-0.4, -0.2) is 43.0 Å². The Kier molecular flexibility index (Phi) is 6.55. The molecule has 0 unspecified atom stereocenters. The normalized spacial score (nSPS) is 15.0. The van der Waals surface area contributed by atoms with Gasteiger partial charge in [0.2, 0.25) is 5.91 Å². The van der Waals surface area contributed by atoms with Crippen LogP contribution >= 0.6 is 0 Å². The summed E-state index contributed by atoms with van der Waals surface area (Å²) in [5.74, 6) is -0.550. The second-order valence-electron chi connectivity index (χ2n) is 6.11. The van der Waals surface area contributed by atoms with Crippen molar-refractivity contribution in [3.63, 3.8) is 0 Å². The van der Waals surface area contributed by atoms with E-state index in [4.69, 9.17) is 4.74 Å². The maximum atomic E-state index is 12.9. The minimum absolute atomic E-state index is 0.205. The van der Waals surface area contributed by atoms with Crippen LogP contribution in [0.2, 0.25) is 0 Å². The lowest BCUT2D eigenvalue weighted by atomic mass is 10.1. The maximum Gasteiger partial charge on any atom is 0.270 e. The zero-order chi connectivity index (χ0) is 18.9. The minimum atomic E-state index is -0.345. The number of hydrogen-bond donors (Lipinski definition) is 1. The number of hydrogen-bond acceptors (Lipinski definition) is 3. The van der Waals surface area contributed by atoms with Crippen molar-refractivity contribution < 1.29 is 14.3 Å². The molecule has 0 spiro atoms. The maximum absolute atomic E-state index is 12.9. The molecular weight excluding hydrogens is 340 g/mol. The third-order valence-electron chi connectivity index (χ3n) is 4.12. The Balaban J connectivity index is 1.77. The van der Waals surface area contributed by atoms with Crippen LogP contribution in [0.15, 0.2) is 72.4 Å². The van der Waals surface area contributed by atoms with Crippen LogP contribution < -0.4 is 5.32 Å². The molecular formula is C22H22N2O3. The summed E-state index contributed by atoms with van der Waals surface area (Å²) in [5, 5.41) is 2.74. The number of nitrogens with zero attached hydrogens (tertiary/aromatic N) is 1. The number of nitrogens with one attached hydrogen (secondary N) is 1. The first-order chi connectivity index (χ1) is 13.2. The SMILES string of the molecule is O=C(C=Cc1ccccc1)N/C(=C\c1ccccc1)C(=O)N1CCOCC1. The van der Waals surface area contributed by atoms with Crippen molar-refractivity contribution in [2.24, 2.45) is 0 Å². The molecule has 1 aliphatic rings. The number of benzene rings is 2. The molecule has 0 saturated carbocycles. The number of carbonyl (C=O) groups is 2. The summed E-state index contributed by atoms with van der Waals surface area (Å²) in [4.78, 5) is 26.9. The highest BCUT2D eigenvalue weighted by Crippen LogP contribution is 2.10. The monoisotopic (exact) mass is 362 g/mol. The fourth-order valence-corrected chi connectivity index (χ4v) is 2.71. The van der Waals surface area contributed by atoms with Crippen molar-refractivity contribution in [2.45, 2.75) is 0 Å². The van der Waals surface area contributed by atoms with E-state index in [-0.39, 0.29) is 17.5 Å². The lowest BCUT2D eigenvalue weighted by molar-refractivity contribution is -0.132. The van der Waals surface area contributed by atoms with Crippen molar-refractivity contribution in [1.29, 1.82) is 0 Å². The lowest BCUT2D eigenvalue weighted by Gasteiger charge is -2.27. The zero-order valence-corrected chi connectivity index (χ0v) is 15.0. The van der Waals surface area contributed by atoms with E-state index in [9.17, 15) is 9.59 Å². The molecule has 2 aromatic rings. The zero-order valence-electron chi connectivity index (χ0n) is 15.0. The van der Waals surface area contributed by atoms with Gasteiger partial charge >= 0.3 is 0 Å². The molecule has 5 heteroatoms. The molecule has 138 valence electrons. The van der Waals surface area contributed by atoms with E-state index in [2.05, 4.69) is 5.32 Å². The topological polar surface area (TPSA) is 58.6 Å². The molecule has 3 rings (SSSR count). The van der Waals surface area contributed by atoms with Crippen LogP contribution in [0.4, 0.5) is 0 Å². The van der Waals surface area contributed by atoms with Gasteiger partial charge in [-0.2, -0.15) is 0 Å². The van der Waals surface area contributed by atoms with Gasteiger partial charge in [-0.25, -0.2) is 0 Å². The average molecular weight is 362 g/mol. The molecule has 0 atom stereocenters. The van der Waals surface area contributed by atoms with Gasteiger partial charge in [-0.15, -0.1) is 0 Å². The Morgan fingerprint density at radius 1 is 0.889 bits per heavy atom. The van der Waals surface area contributed by atoms with Crippen LogP contribution in [0, 0.1) is 0 Å². The summed E-state index contributed by atoms with van der Waals surface area (Å²) in [5.41, 5.74) is 2.02. The van der Waals surface area contributed by atoms with E-state index < -0.39 is 0 Å². The Bertz CT molecular complexity index is 823. The van der Waals surface area contributed by atoms with Crippen molar-refractivity contribution in [2.75, 3.05) is 26.3 Å². The van der Waals surface area contributed by atoms with E-state index >= 15 is 0 Å². The minimum Gasteiger partial charge on any atom is -0.378 e. The summed E-state index contributed by atoms with van der Waals surface area (Å²) in [6.07, 6.45) is 4.85. The van der Waals surface area contributed by atoms with Crippen LogP contribution in [0.1, 0.15) is 11.1 Å². The average Bonchev–Trinajstić information content (AvgIpc) is 2.73. The summed E-state index contributed by atoms with van der Waals surface area (Å²) in [6.45, 7) is 2.04. The summed E-state index contributed by atoms with van der Waals surface area (Å²) in [7, 11) is 0. The number of amides is 2. The van der Waals surface area contributed by atoms with E-state index in [1.54, 1.807) is 17.1 Å². The molecule has 2 aromatic carbocycles. The molecule has 0 aromatic heterocycles. The molecule has 0 radical (unpaired) electrons. The van der Waals surface area contributed by atoms with E-state index in [0.29, 0.717) is 26.3 Å². The largest absolute Gasteiger partial charge is 0.378 e. The van der Waals surface area contributed by atoms with Crippen molar-refractivity contribution in [3.8, 4) is 0 Å². The molecule has 0 aliphatic carbocycles. The first-order valence-corrected chi connectivity index (χ1v) is 8.90. The highest BCUT2D eigenvalue weighted by molar-refractivity contribution is 6.04. The second kappa shape index (κ2) is 9.50. The molecule has 1 fully saturated rings. The van der Waals surface area contributed by atoms with Gasteiger partial charge < -0.3 is 15.0 Å². The van der Waals surface area contributed by atoms with Gasteiger partial charge in [0.15, 0.2) is 0 Å². The predicted octanol–water partition coefficient (Wildman–Crippen LogP) is 2.72. The van der Waals surface area contributed by atoms with Crippen LogP contribution in [0.5, 0.6) is 0 Å². The molecule has 0 bridgehead atoms. The quantitative estimate of drug-likeness (QED) is 0.832. The molecule has 27 heavy (non-hydrogen) atoms. The first-order valence-electron chi connectivity index (χ1n) is 8.90. The second-order valence-corrected chi connectivity index (χ2v) is 6.11. The Morgan fingerprint density at radius 3 is 2.11 bits per heavy atom. The Morgan fingerprint density at radius 2 is 1.48 bits per heavy atom. The van der Waals surface area contributed by atoms with Gasteiger partial charge in [-0.1, -0.05) is 60.7 Å².